The molecule has 0 bridgehead atoms. The zero-order chi connectivity index (χ0) is 15.2. The molecule has 0 aliphatic rings. The Labute approximate surface area is 124 Å². The van der Waals surface area contributed by atoms with Crippen LogP contribution in [-0.2, 0) is 0 Å². The molecule has 0 aliphatic heterocycles. The molecule has 2 aromatic heterocycles. The Morgan fingerprint density at radius 1 is 1.19 bits per heavy atom. The van der Waals surface area contributed by atoms with Crippen LogP contribution in [0.5, 0.6) is 0 Å². The summed E-state index contributed by atoms with van der Waals surface area (Å²) in [5, 5.41) is 15.6. The lowest BCUT2D eigenvalue weighted by Crippen LogP contribution is -2.30. The summed E-state index contributed by atoms with van der Waals surface area (Å²) in [6.07, 6.45) is 1.73. The fraction of sp³-hybridized carbons (Fsp3) is 0.400. The van der Waals surface area contributed by atoms with Crippen molar-refractivity contribution in [3.63, 3.8) is 0 Å². The molecule has 6 heteroatoms. The van der Waals surface area contributed by atoms with E-state index in [0.29, 0.717) is 11.8 Å². The van der Waals surface area contributed by atoms with E-state index in [4.69, 9.17) is 0 Å². The van der Waals surface area contributed by atoms with Crippen molar-refractivity contribution >= 4 is 11.8 Å². The van der Waals surface area contributed by atoms with Gasteiger partial charge in [-0.05, 0) is 18.1 Å². The summed E-state index contributed by atoms with van der Waals surface area (Å²) >= 11 is 0. The highest BCUT2D eigenvalue weighted by Crippen LogP contribution is 2.20. The van der Waals surface area contributed by atoms with Gasteiger partial charge in [0.25, 0.3) is 0 Å². The van der Waals surface area contributed by atoms with Crippen LogP contribution in [0.15, 0.2) is 30.5 Å². The molecule has 0 aliphatic carbocycles. The molecular formula is C15H21N5O. The number of nitrogens with one attached hydrogen (secondary N) is 2. The van der Waals surface area contributed by atoms with Crippen molar-refractivity contribution in [2.75, 3.05) is 24.3 Å². The second-order valence-corrected chi connectivity index (χ2v) is 5.10. The number of hydrogen-bond acceptors (Lipinski definition) is 6. The van der Waals surface area contributed by atoms with Gasteiger partial charge in [-0.2, -0.15) is 4.98 Å². The molecule has 3 N–H and O–H groups in total. The Morgan fingerprint density at radius 2 is 2.00 bits per heavy atom. The van der Waals surface area contributed by atoms with Gasteiger partial charge in [-0.15, -0.1) is 0 Å². The first kappa shape index (κ1) is 15.2. The minimum absolute atomic E-state index is 0.0315. The van der Waals surface area contributed by atoms with Crippen LogP contribution in [-0.4, -0.2) is 39.8 Å². The maximum Gasteiger partial charge on any atom is 0.225 e. The number of pyridine rings is 1. The number of aliphatic hydroxyl groups is 1. The molecule has 0 saturated carbocycles. The summed E-state index contributed by atoms with van der Waals surface area (Å²) in [4.78, 5) is 13.2. The van der Waals surface area contributed by atoms with Gasteiger partial charge in [0, 0.05) is 19.3 Å². The van der Waals surface area contributed by atoms with E-state index in [1.165, 1.54) is 0 Å². The average molecular weight is 287 g/mol. The van der Waals surface area contributed by atoms with Gasteiger partial charge >= 0.3 is 0 Å². The number of hydrogen-bond donors (Lipinski definition) is 3. The lowest BCUT2D eigenvalue weighted by atomic mass is 10.1. The van der Waals surface area contributed by atoms with Gasteiger partial charge in [0.05, 0.1) is 24.0 Å². The highest BCUT2D eigenvalue weighted by atomic mass is 16.3. The van der Waals surface area contributed by atoms with Gasteiger partial charge in [0.1, 0.15) is 5.82 Å². The molecular weight excluding hydrogens is 266 g/mol. The van der Waals surface area contributed by atoms with Gasteiger partial charge < -0.3 is 15.7 Å². The molecule has 2 aromatic rings. The average Bonchev–Trinajstić information content (AvgIpc) is 2.52. The molecule has 0 spiro atoms. The van der Waals surface area contributed by atoms with E-state index in [0.717, 1.165) is 11.4 Å². The molecule has 6 nitrogen and oxygen atoms in total. The molecule has 0 saturated heterocycles. The monoisotopic (exact) mass is 287 g/mol. The Bertz CT molecular complexity index is 574. The van der Waals surface area contributed by atoms with Gasteiger partial charge in [0.15, 0.2) is 0 Å². The number of rotatable bonds is 6. The Kier molecular flexibility index (Phi) is 5.05. The topological polar surface area (TPSA) is 83.0 Å². The van der Waals surface area contributed by atoms with Crippen molar-refractivity contribution in [1.82, 2.24) is 15.0 Å². The van der Waals surface area contributed by atoms with E-state index < -0.39 is 0 Å². The smallest absolute Gasteiger partial charge is 0.225 e. The molecule has 2 rings (SSSR count). The van der Waals surface area contributed by atoms with Gasteiger partial charge in [-0.25, -0.2) is 4.98 Å². The minimum Gasteiger partial charge on any atom is -0.394 e. The van der Waals surface area contributed by atoms with Crippen LogP contribution in [0.2, 0.25) is 0 Å². The predicted octanol–water partition coefficient (Wildman–Crippen LogP) is 2.01. The summed E-state index contributed by atoms with van der Waals surface area (Å²) in [6.45, 7) is 4.11. The van der Waals surface area contributed by atoms with Gasteiger partial charge in [0.2, 0.25) is 5.95 Å². The molecule has 21 heavy (non-hydrogen) atoms. The zero-order valence-electron chi connectivity index (χ0n) is 12.5. The zero-order valence-corrected chi connectivity index (χ0v) is 12.5. The van der Waals surface area contributed by atoms with Crippen LogP contribution in [0.25, 0.3) is 11.4 Å². The standard InChI is InChI=1S/C15H21N5O/c1-10(2)13(9-21)19-15-18-12(8-14(16-3)20-15)11-6-4-5-7-17-11/h4-8,10,13,21H,9H2,1-3H3,(H2,16,18,19,20)/t13-/m0/s1. The van der Waals surface area contributed by atoms with Crippen molar-refractivity contribution in [3.8, 4) is 11.4 Å². The van der Waals surface area contributed by atoms with Crippen LogP contribution < -0.4 is 10.6 Å². The number of aromatic nitrogens is 3. The summed E-state index contributed by atoms with van der Waals surface area (Å²) in [5.41, 5.74) is 1.52. The largest absolute Gasteiger partial charge is 0.394 e. The second kappa shape index (κ2) is 6.99. The van der Waals surface area contributed by atoms with E-state index in [2.05, 4.69) is 25.6 Å². The number of anilines is 2. The summed E-state index contributed by atoms with van der Waals surface area (Å²) in [5.74, 6) is 1.46. The van der Waals surface area contributed by atoms with Crippen LogP contribution >= 0.6 is 0 Å². The van der Waals surface area contributed by atoms with Crippen LogP contribution in [0.3, 0.4) is 0 Å². The summed E-state index contributed by atoms with van der Waals surface area (Å²) in [7, 11) is 1.81. The Balaban J connectivity index is 2.34. The summed E-state index contributed by atoms with van der Waals surface area (Å²) < 4.78 is 0. The van der Waals surface area contributed by atoms with Crippen molar-refractivity contribution in [2.24, 2.45) is 5.92 Å². The first-order valence-corrected chi connectivity index (χ1v) is 6.99. The number of nitrogens with zero attached hydrogens (tertiary/aromatic N) is 3. The molecule has 0 fully saturated rings. The fourth-order valence-corrected chi connectivity index (χ4v) is 1.87. The third-order valence-electron chi connectivity index (χ3n) is 3.23. The molecule has 2 heterocycles. The molecule has 1 atom stereocenters. The Hall–Kier alpha value is -2.21. The molecule has 0 aromatic carbocycles. The van der Waals surface area contributed by atoms with Crippen LogP contribution in [0.1, 0.15) is 13.8 Å². The van der Waals surface area contributed by atoms with E-state index in [9.17, 15) is 5.11 Å². The highest BCUT2D eigenvalue weighted by molar-refractivity contribution is 5.60. The summed E-state index contributed by atoms with van der Waals surface area (Å²) in [6, 6.07) is 7.44. The maximum atomic E-state index is 9.42. The van der Waals surface area contributed by atoms with Gasteiger partial charge in [-0.1, -0.05) is 19.9 Å². The van der Waals surface area contributed by atoms with E-state index >= 15 is 0 Å². The third-order valence-corrected chi connectivity index (χ3v) is 3.23. The lowest BCUT2D eigenvalue weighted by Gasteiger charge is -2.20. The predicted molar refractivity (Wildman–Crippen MR) is 84.1 cm³/mol. The lowest BCUT2D eigenvalue weighted by molar-refractivity contribution is 0.248. The van der Waals surface area contributed by atoms with Crippen molar-refractivity contribution in [1.29, 1.82) is 0 Å². The molecule has 0 unspecified atom stereocenters. The maximum absolute atomic E-state index is 9.42. The first-order chi connectivity index (χ1) is 10.1. The Morgan fingerprint density at radius 3 is 2.57 bits per heavy atom. The van der Waals surface area contributed by atoms with Crippen molar-refractivity contribution in [3.05, 3.63) is 30.5 Å². The first-order valence-electron chi connectivity index (χ1n) is 6.99. The SMILES string of the molecule is CNc1cc(-c2ccccn2)nc(N[C@@H](CO)C(C)C)n1. The van der Waals surface area contributed by atoms with Crippen molar-refractivity contribution < 1.29 is 5.11 Å². The minimum atomic E-state index is -0.0892. The molecule has 0 radical (unpaired) electrons. The van der Waals surface area contributed by atoms with E-state index in [1.54, 1.807) is 13.2 Å². The fourth-order valence-electron chi connectivity index (χ4n) is 1.87. The molecule has 112 valence electrons. The van der Waals surface area contributed by atoms with Crippen LogP contribution in [0.4, 0.5) is 11.8 Å². The third kappa shape index (κ3) is 3.88. The van der Waals surface area contributed by atoms with Crippen LogP contribution in [0, 0.1) is 5.92 Å². The quantitative estimate of drug-likeness (QED) is 0.754. The van der Waals surface area contributed by atoms with E-state index in [1.807, 2.05) is 38.1 Å². The van der Waals surface area contributed by atoms with Gasteiger partial charge in [-0.3, -0.25) is 4.98 Å². The molecule has 0 amide bonds. The second-order valence-electron chi connectivity index (χ2n) is 5.10. The van der Waals surface area contributed by atoms with E-state index in [-0.39, 0.29) is 18.6 Å². The number of aliphatic hydroxyl groups excluding tert-OH is 1. The van der Waals surface area contributed by atoms with Crippen molar-refractivity contribution in [2.45, 2.75) is 19.9 Å². The highest BCUT2D eigenvalue weighted by Gasteiger charge is 2.14. The normalized spacial score (nSPS) is 12.2.